The van der Waals surface area contributed by atoms with Crippen LogP contribution in [0.25, 0.3) is 0 Å². The summed E-state index contributed by atoms with van der Waals surface area (Å²) in [6.45, 7) is 7.85. The van der Waals surface area contributed by atoms with E-state index in [1.807, 2.05) is 20.8 Å². The van der Waals surface area contributed by atoms with Gasteiger partial charge in [-0.15, -0.1) is 0 Å². The van der Waals surface area contributed by atoms with Gasteiger partial charge in [0.25, 0.3) is 5.91 Å². The van der Waals surface area contributed by atoms with Crippen molar-refractivity contribution in [3.8, 4) is 0 Å². The van der Waals surface area contributed by atoms with Crippen molar-refractivity contribution >= 4 is 11.9 Å². The Hall–Kier alpha value is -2.05. The van der Waals surface area contributed by atoms with Gasteiger partial charge in [-0.25, -0.2) is 9.78 Å². The lowest BCUT2D eigenvalue weighted by Crippen LogP contribution is -2.39. The van der Waals surface area contributed by atoms with Crippen molar-refractivity contribution in [2.45, 2.75) is 40.2 Å². The largest absolute Gasteiger partial charge is 0.446 e. The zero-order chi connectivity index (χ0) is 15.7. The third kappa shape index (κ3) is 5.45. The van der Waals surface area contributed by atoms with E-state index in [0.29, 0.717) is 25.5 Å². The molecule has 1 heterocycles. The SMILES string of the molecule is CCCNC(=O)c1coc(CN(CCC)C(=O)NCC)n1. The van der Waals surface area contributed by atoms with Gasteiger partial charge in [0.2, 0.25) is 5.89 Å². The molecule has 0 atom stereocenters. The first-order valence-electron chi connectivity index (χ1n) is 7.37. The van der Waals surface area contributed by atoms with E-state index in [9.17, 15) is 9.59 Å². The number of rotatable bonds is 8. The molecule has 2 N–H and O–H groups in total. The molecular formula is C14H24N4O3. The Kier molecular flexibility index (Phi) is 7.28. The number of amides is 3. The fourth-order valence-electron chi connectivity index (χ4n) is 1.77. The molecule has 0 unspecified atom stereocenters. The predicted octanol–water partition coefficient (Wildman–Crippen LogP) is 1.76. The molecule has 0 saturated heterocycles. The van der Waals surface area contributed by atoms with Crippen molar-refractivity contribution in [1.82, 2.24) is 20.5 Å². The van der Waals surface area contributed by atoms with Crippen molar-refractivity contribution < 1.29 is 14.0 Å². The summed E-state index contributed by atoms with van der Waals surface area (Å²) in [5.74, 6) is 0.100. The van der Waals surface area contributed by atoms with Crippen molar-refractivity contribution in [2.24, 2.45) is 0 Å². The molecule has 3 amide bonds. The fourth-order valence-corrected chi connectivity index (χ4v) is 1.77. The summed E-state index contributed by atoms with van der Waals surface area (Å²) in [5.41, 5.74) is 0.241. The number of aromatic nitrogens is 1. The van der Waals surface area contributed by atoms with Gasteiger partial charge in [0.1, 0.15) is 6.26 Å². The monoisotopic (exact) mass is 296 g/mol. The van der Waals surface area contributed by atoms with Crippen LogP contribution < -0.4 is 10.6 Å². The van der Waals surface area contributed by atoms with E-state index >= 15 is 0 Å². The number of carbonyl (C=O) groups is 2. The molecule has 21 heavy (non-hydrogen) atoms. The molecule has 1 aromatic heterocycles. The van der Waals surface area contributed by atoms with Gasteiger partial charge in [0.05, 0.1) is 6.54 Å². The smallest absolute Gasteiger partial charge is 0.317 e. The summed E-state index contributed by atoms with van der Waals surface area (Å²) in [7, 11) is 0. The highest BCUT2D eigenvalue weighted by Crippen LogP contribution is 2.07. The topological polar surface area (TPSA) is 87.5 Å². The second-order valence-electron chi connectivity index (χ2n) is 4.64. The van der Waals surface area contributed by atoms with Crippen molar-refractivity contribution in [1.29, 1.82) is 0 Å². The van der Waals surface area contributed by atoms with Crippen LogP contribution in [-0.2, 0) is 6.54 Å². The van der Waals surface area contributed by atoms with Crippen LogP contribution in [0, 0.1) is 0 Å². The number of nitrogens with zero attached hydrogens (tertiary/aromatic N) is 2. The lowest BCUT2D eigenvalue weighted by molar-refractivity contribution is 0.0948. The Morgan fingerprint density at radius 2 is 2.00 bits per heavy atom. The Labute approximate surface area is 125 Å². The molecular weight excluding hydrogens is 272 g/mol. The quantitative estimate of drug-likeness (QED) is 0.765. The van der Waals surface area contributed by atoms with Gasteiger partial charge in [-0.05, 0) is 19.8 Å². The number of carbonyl (C=O) groups excluding carboxylic acids is 2. The van der Waals surface area contributed by atoms with Crippen LogP contribution >= 0.6 is 0 Å². The van der Waals surface area contributed by atoms with Crippen molar-refractivity contribution in [3.05, 3.63) is 17.8 Å². The molecule has 0 fully saturated rings. The first-order chi connectivity index (χ1) is 10.1. The minimum absolute atomic E-state index is 0.158. The van der Waals surface area contributed by atoms with Crippen LogP contribution in [-0.4, -0.2) is 41.5 Å². The number of hydrogen-bond donors (Lipinski definition) is 2. The van der Waals surface area contributed by atoms with E-state index in [1.165, 1.54) is 6.26 Å². The third-order valence-corrected chi connectivity index (χ3v) is 2.75. The Balaban J connectivity index is 2.65. The summed E-state index contributed by atoms with van der Waals surface area (Å²) >= 11 is 0. The summed E-state index contributed by atoms with van der Waals surface area (Å²) in [4.78, 5) is 29.4. The lowest BCUT2D eigenvalue weighted by Gasteiger charge is -2.20. The standard InChI is InChI=1S/C14H24N4O3/c1-4-7-16-13(19)11-10-21-12(17-11)9-18(8-5-2)14(20)15-6-3/h10H,4-9H2,1-3H3,(H,15,20)(H,16,19). The molecule has 0 spiro atoms. The molecule has 0 saturated carbocycles. The molecule has 0 radical (unpaired) electrons. The minimum Gasteiger partial charge on any atom is -0.446 e. The van der Waals surface area contributed by atoms with Gasteiger partial charge < -0.3 is 20.0 Å². The zero-order valence-corrected chi connectivity index (χ0v) is 12.9. The maximum atomic E-state index is 11.9. The molecule has 7 nitrogen and oxygen atoms in total. The lowest BCUT2D eigenvalue weighted by atomic mass is 10.4. The highest BCUT2D eigenvalue weighted by molar-refractivity contribution is 5.91. The minimum atomic E-state index is -0.257. The Morgan fingerprint density at radius 3 is 2.62 bits per heavy atom. The normalized spacial score (nSPS) is 10.2. The molecule has 0 aliphatic carbocycles. The van der Waals surface area contributed by atoms with Gasteiger partial charge >= 0.3 is 6.03 Å². The van der Waals surface area contributed by atoms with E-state index < -0.39 is 0 Å². The molecule has 0 bridgehead atoms. The zero-order valence-electron chi connectivity index (χ0n) is 12.9. The number of oxazole rings is 1. The van der Waals surface area contributed by atoms with Crippen LogP contribution in [0.2, 0.25) is 0 Å². The molecule has 1 rings (SSSR count). The molecule has 0 aliphatic rings. The van der Waals surface area contributed by atoms with Crippen LogP contribution in [0.1, 0.15) is 50.0 Å². The first-order valence-corrected chi connectivity index (χ1v) is 7.37. The average molecular weight is 296 g/mol. The van der Waals surface area contributed by atoms with E-state index in [2.05, 4.69) is 15.6 Å². The Morgan fingerprint density at radius 1 is 1.24 bits per heavy atom. The fraction of sp³-hybridized carbons (Fsp3) is 0.643. The van der Waals surface area contributed by atoms with E-state index in [0.717, 1.165) is 12.8 Å². The molecule has 0 aromatic carbocycles. The van der Waals surface area contributed by atoms with E-state index in [1.54, 1.807) is 4.90 Å². The van der Waals surface area contributed by atoms with Crippen LogP contribution in [0.4, 0.5) is 4.79 Å². The number of hydrogen-bond acceptors (Lipinski definition) is 4. The second kappa shape index (κ2) is 8.99. The average Bonchev–Trinajstić information content (AvgIpc) is 2.93. The maximum absolute atomic E-state index is 11.9. The number of urea groups is 1. The van der Waals surface area contributed by atoms with E-state index in [-0.39, 0.29) is 24.2 Å². The van der Waals surface area contributed by atoms with Crippen LogP contribution in [0.15, 0.2) is 10.7 Å². The van der Waals surface area contributed by atoms with Gasteiger partial charge in [0, 0.05) is 19.6 Å². The van der Waals surface area contributed by atoms with Crippen LogP contribution in [0.5, 0.6) is 0 Å². The second-order valence-corrected chi connectivity index (χ2v) is 4.64. The van der Waals surface area contributed by atoms with Gasteiger partial charge in [-0.1, -0.05) is 13.8 Å². The van der Waals surface area contributed by atoms with Gasteiger partial charge in [-0.2, -0.15) is 0 Å². The summed E-state index contributed by atoms with van der Waals surface area (Å²) in [6.07, 6.45) is 3.02. The summed E-state index contributed by atoms with van der Waals surface area (Å²) < 4.78 is 5.28. The van der Waals surface area contributed by atoms with Gasteiger partial charge in [-0.3, -0.25) is 4.79 Å². The highest BCUT2D eigenvalue weighted by Gasteiger charge is 2.17. The van der Waals surface area contributed by atoms with Crippen molar-refractivity contribution in [2.75, 3.05) is 19.6 Å². The predicted molar refractivity (Wildman–Crippen MR) is 78.9 cm³/mol. The van der Waals surface area contributed by atoms with Crippen LogP contribution in [0.3, 0.4) is 0 Å². The highest BCUT2D eigenvalue weighted by atomic mass is 16.3. The molecule has 7 heteroatoms. The summed E-state index contributed by atoms with van der Waals surface area (Å²) in [5, 5.41) is 5.48. The summed E-state index contributed by atoms with van der Waals surface area (Å²) in [6, 6.07) is -0.158. The molecule has 1 aromatic rings. The van der Waals surface area contributed by atoms with Gasteiger partial charge in [0.15, 0.2) is 5.69 Å². The maximum Gasteiger partial charge on any atom is 0.317 e. The van der Waals surface area contributed by atoms with Crippen molar-refractivity contribution in [3.63, 3.8) is 0 Å². The third-order valence-electron chi connectivity index (χ3n) is 2.75. The first kappa shape index (κ1) is 17.0. The van der Waals surface area contributed by atoms with E-state index in [4.69, 9.17) is 4.42 Å². The molecule has 118 valence electrons. The molecule has 0 aliphatic heterocycles. The number of nitrogens with one attached hydrogen (secondary N) is 2. The Bertz CT molecular complexity index is 459.